The van der Waals surface area contributed by atoms with Crippen LogP contribution in [0.2, 0.25) is 5.02 Å². The van der Waals surface area contributed by atoms with Crippen LogP contribution in [0.5, 0.6) is 5.75 Å². The molecule has 1 amide bonds. The van der Waals surface area contributed by atoms with Gasteiger partial charge in [0.1, 0.15) is 28.9 Å². The summed E-state index contributed by atoms with van der Waals surface area (Å²) in [4.78, 5) is 22.9. The van der Waals surface area contributed by atoms with Crippen LogP contribution in [0.25, 0.3) is 17.4 Å². The van der Waals surface area contributed by atoms with Crippen molar-refractivity contribution in [3.8, 4) is 23.1 Å². The molecule has 31 heavy (non-hydrogen) atoms. The first-order valence-corrected chi connectivity index (χ1v) is 9.49. The van der Waals surface area contributed by atoms with E-state index in [1.54, 1.807) is 30.3 Å². The Morgan fingerprint density at radius 1 is 1.29 bits per heavy atom. The number of hydrogen-bond donors (Lipinski definition) is 1. The zero-order chi connectivity index (χ0) is 22.4. The van der Waals surface area contributed by atoms with Gasteiger partial charge in [-0.2, -0.15) is 5.26 Å². The zero-order valence-corrected chi connectivity index (χ0v) is 17.1. The summed E-state index contributed by atoms with van der Waals surface area (Å²) in [6.45, 7) is 2.33. The highest BCUT2D eigenvalue weighted by atomic mass is 35.5. The second kappa shape index (κ2) is 9.61. The van der Waals surface area contributed by atoms with E-state index in [0.29, 0.717) is 23.6 Å². The summed E-state index contributed by atoms with van der Waals surface area (Å²) in [5, 5.41) is 23.3. The minimum Gasteiger partial charge on any atom is -0.494 e. The van der Waals surface area contributed by atoms with Crippen molar-refractivity contribution in [2.45, 2.75) is 6.92 Å². The van der Waals surface area contributed by atoms with Gasteiger partial charge < -0.3 is 14.5 Å². The number of rotatable bonds is 7. The fraction of sp³-hybridized carbons (Fsp3) is 0.0909. The van der Waals surface area contributed by atoms with Crippen molar-refractivity contribution in [2.24, 2.45) is 0 Å². The van der Waals surface area contributed by atoms with Crippen molar-refractivity contribution in [1.82, 2.24) is 0 Å². The van der Waals surface area contributed by atoms with Crippen LogP contribution >= 0.6 is 11.6 Å². The molecule has 0 fully saturated rings. The lowest BCUT2D eigenvalue weighted by Gasteiger charge is -2.07. The van der Waals surface area contributed by atoms with Gasteiger partial charge in [0.25, 0.3) is 11.6 Å². The lowest BCUT2D eigenvalue weighted by atomic mass is 10.1. The third-order valence-electron chi connectivity index (χ3n) is 4.11. The average Bonchev–Trinajstić information content (AvgIpc) is 3.21. The predicted molar refractivity (Wildman–Crippen MR) is 116 cm³/mol. The number of nitro groups is 1. The van der Waals surface area contributed by atoms with Gasteiger partial charge in [-0.15, -0.1) is 0 Å². The van der Waals surface area contributed by atoms with Crippen molar-refractivity contribution in [2.75, 3.05) is 11.9 Å². The molecule has 2 aromatic carbocycles. The number of carbonyl (C=O) groups excluding carboxylic acids is 1. The number of ether oxygens (including phenoxy) is 1. The molecule has 0 unspecified atom stereocenters. The fourth-order valence-corrected chi connectivity index (χ4v) is 2.92. The molecule has 0 saturated carbocycles. The quantitative estimate of drug-likeness (QED) is 0.227. The monoisotopic (exact) mass is 437 g/mol. The first kappa shape index (κ1) is 21.6. The number of anilines is 1. The van der Waals surface area contributed by atoms with Crippen LogP contribution in [0, 0.1) is 21.4 Å². The maximum Gasteiger partial charge on any atom is 0.270 e. The van der Waals surface area contributed by atoms with E-state index < -0.39 is 10.8 Å². The molecule has 1 aromatic heterocycles. The highest BCUT2D eigenvalue weighted by Crippen LogP contribution is 2.33. The molecule has 9 heteroatoms. The Morgan fingerprint density at radius 3 is 2.81 bits per heavy atom. The largest absolute Gasteiger partial charge is 0.494 e. The number of non-ortho nitro benzene ring substituents is 1. The number of nitrogens with zero attached hydrogens (tertiary/aromatic N) is 2. The van der Waals surface area contributed by atoms with E-state index in [4.69, 9.17) is 20.8 Å². The van der Waals surface area contributed by atoms with E-state index in [2.05, 4.69) is 5.32 Å². The van der Waals surface area contributed by atoms with E-state index >= 15 is 0 Å². The van der Waals surface area contributed by atoms with E-state index in [9.17, 15) is 20.2 Å². The Kier molecular flexibility index (Phi) is 6.70. The van der Waals surface area contributed by atoms with Crippen molar-refractivity contribution in [1.29, 1.82) is 5.26 Å². The number of furan rings is 1. The molecule has 1 N–H and O–H groups in total. The lowest BCUT2D eigenvalue weighted by molar-refractivity contribution is -0.384. The number of hydrogen-bond acceptors (Lipinski definition) is 6. The summed E-state index contributed by atoms with van der Waals surface area (Å²) < 4.78 is 11.0. The second-order valence-electron chi connectivity index (χ2n) is 6.21. The molecule has 0 bridgehead atoms. The van der Waals surface area contributed by atoms with Gasteiger partial charge in [0.2, 0.25) is 0 Å². The maximum atomic E-state index is 12.5. The van der Waals surface area contributed by atoms with Gasteiger partial charge in [-0.1, -0.05) is 17.7 Å². The average molecular weight is 438 g/mol. The van der Waals surface area contributed by atoms with E-state index in [1.807, 2.05) is 13.0 Å². The molecule has 8 nitrogen and oxygen atoms in total. The summed E-state index contributed by atoms with van der Waals surface area (Å²) >= 11 is 6.13. The van der Waals surface area contributed by atoms with Crippen LogP contribution in [-0.4, -0.2) is 17.4 Å². The molecule has 0 atom stereocenters. The van der Waals surface area contributed by atoms with Gasteiger partial charge in [0.05, 0.1) is 16.6 Å². The highest BCUT2D eigenvalue weighted by Gasteiger charge is 2.15. The molecule has 0 aliphatic rings. The van der Waals surface area contributed by atoms with Gasteiger partial charge in [-0.05, 0) is 37.3 Å². The predicted octanol–water partition coefficient (Wildman–Crippen LogP) is 5.45. The van der Waals surface area contributed by atoms with Crippen molar-refractivity contribution >= 4 is 35.0 Å². The van der Waals surface area contributed by atoms with E-state index in [0.717, 1.165) is 0 Å². The Hall–Kier alpha value is -4.09. The van der Waals surface area contributed by atoms with Gasteiger partial charge in [0, 0.05) is 35.5 Å². The van der Waals surface area contributed by atoms with Crippen LogP contribution in [-0.2, 0) is 4.79 Å². The molecular formula is C22H16ClN3O5. The minimum absolute atomic E-state index is 0.140. The zero-order valence-electron chi connectivity index (χ0n) is 16.3. The van der Waals surface area contributed by atoms with Crippen molar-refractivity contribution in [3.05, 3.63) is 81.1 Å². The van der Waals surface area contributed by atoms with Crippen LogP contribution in [0.3, 0.4) is 0 Å². The van der Waals surface area contributed by atoms with Gasteiger partial charge in [0.15, 0.2) is 0 Å². The number of amides is 1. The number of benzene rings is 2. The molecule has 0 spiro atoms. The molecule has 0 aliphatic heterocycles. The van der Waals surface area contributed by atoms with Gasteiger partial charge in [-0.3, -0.25) is 14.9 Å². The van der Waals surface area contributed by atoms with Crippen molar-refractivity contribution in [3.63, 3.8) is 0 Å². The van der Waals surface area contributed by atoms with Crippen LogP contribution in [0.4, 0.5) is 11.4 Å². The molecular weight excluding hydrogens is 422 g/mol. The number of nitro benzene ring substituents is 1. The van der Waals surface area contributed by atoms with Crippen LogP contribution in [0.1, 0.15) is 12.7 Å². The first-order chi connectivity index (χ1) is 14.9. The fourth-order valence-electron chi connectivity index (χ4n) is 2.71. The summed E-state index contributed by atoms with van der Waals surface area (Å²) in [6, 6.07) is 15.7. The highest BCUT2D eigenvalue weighted by molar-refractivity contribution is 6.33. The number of halogens is 1. The molecule has 0 saturated heterocycles. The van der Waals surface area contributed by atoms with Crippen LogP contribution in [0.15, 0.2) is 64.6 Å². The summed E-state index contributed by atoms with van der Waals surface area (Å²) in [6.07, 6.45) is 1.27. The Bertz CT molecular complexity index is 1210. The molecule has 0 aliphatic carbocycles. The smallest absolute Gasteiger partial charge is 0.270 e. The Balaban J connectivity index is 1.83. The molecule has 156 valence electrons. The lowest BCUT2D eigenvalue weighted by Crippen LogP contribution is -2.13. The Labute approximate surface area is 182 Å². The Morgan fingerprint density at radius 2 is 2.10 bits per heavy atom. The minimum atomic E-state index is -0.623. The van der Waals surface area contributed by atoms with Gasteiger partial charge in [-0.25, -0.2) is 0 Å². The third kappa shape index (κ3) is 5.29. The van der Waals surface area contributed by atoms with E-state index in [1.165, 1.54) is 30.3 Å². The number of carbonyl (C=O) groups is 1. The van der Waals surface area contributed by atoms with Crippen LogP contribution < -0.4 is 10.1 Å². The molecule has 3 aromatic rings. The summed E-state index contributed by atoms with van der Waals surface area (Å²) in [5.41, 5.74) is 0.471. The molecule has 1 heterocycles. The van der Waals surface area contributed by atoms with Crippen molar-refractivity contribution < 1.29 is 18.9 Å². The second-order valence-corrected chi connectivity index (χ2v) is 6.62. The molecule has 3 rings (SSSR count). The topological polar surface area (TPSA) is 118 Å². The third-order valence-corrected chi connectivity index (χ3v) is 4.44. The normalized spacial score (nSPS) is 10.9. The SMILES string of the molecule is CCOc1cccc(NC(=O)C(C#N)=Cc2ccc(-c3cc([N+](=O)[O-])ccc3Cl)o2)c1. The van der Waals surface area contributed by atoms with E-state index in [-0.39, 0.29) is 27.8 Å². The number of nitriles is 1. The first-order valence-electron chi connectivity index (χ1n) is 9.11. The maximum absolute atomic E-state index is 12.5. The summed E-state index contributed by atoms with van der Waals surface area (Å²) in [5.74, 6) is 0.448. The van der Waals surface area contributed by atoms with Gasteiger partial charge >= 0.3 is 0 Å². The summed E-state index contributed by atoms with van der Waals surface area (Å²) in [7, 11) is 0. The standard InChI is InChI=1S/C22H16ClN3O5/c1-2-30-17-5-3-4-15(11-17)25-22(27)14(13-24)10-18-7-9-21(31-18)19-12-16(26(28)29)6-8-20(19)23/h3-12H,2H2,1H3,(H,25,27). The number of nitrogens with one attached hydrogen (secondary N) is 1. The molecule has 0 radical (unpaired) electrons.